The molecule has 1 aromatic heterocycles. The van der Waals surface area contributed by atoms with Gasteiger partial charge in [0.2, 0.25) is 11.8 Å². The van der Waals surface area contributed by atoms with Crippen LogP contribution in [0.4, 0.5) is 0 Å². The van der Waals surface area contributed by atoms with E-state index in [2.05, 4.69) is 27.3 Å². The zero-order valence-electron chi connectivity index (χ0n) is 11.7. The number of likely N-dealkylation sites (tertiary alicyclic amines) is 1. The summed E-state index contributed by atoms with van der Waals surface area (Å²) < 4.78 is 4.84. The van der Waals surface area contributed by atoms with Gasteiger partial charge in [-0.2, -0.15) is 4.98 Å². The molecule has 1 aliphatic heterocycles. The minimum atomic E-state index is -0.0512. The predicted octanol–water partition coefficient (Wildman–Crippen LogP) is 0.911. The number of hydrogen-bond acceptors (Lipinski definition) is 5. The number of carbonyl (C=O) groups is 1. The molecule has 1 amide bonds. The van der Waals surface area contributed by atoms with E-state index < -0.39 is 0 Å². The summed E-state index contributed by atoms with van der Waals surface area (Å²) in [7, 11) is 0. The summed E-state index contributed by atoms with van der Waals surface area (Å²) in [4.78, 5) is 18.2. The summed E-state index contributed by atoms with van der Waals surface area (Å²) in [6, 6.07) is 0.385. The van der Waals surface area contributed by atoms with Crippen LogP contribution in [0.2, 0.25) is 0 Å². The lowest BCUT2D eigenvalue weighted by atomic mass is 10.1. The van der Waals surface area contributed by atoms with Crippen LogP contribution < -0.4 is 5.32 Å². The van der Waals surface area contributed by atoms with Crippen molar-refractivity contribution in [1.29, 1.82) is 0 Å². The molecule has 1 atom stereocenters. The maximum absolute atomic E-state index is 11.8. The molecule has 1 aliphatic rings. The Kier molecular flexibility index (Phi) is 4.90. The fourth-order valence-corrected chi connectivity index (χ4v) is 2.37. The predicted molar refractivity (Wildman–Crippen MR) is 70.6 cm³/mol. The van der Waals surface area contributed by atoms with Crippen LogP contribution >= 0.6 is 0 Å². The van der Waals surface area contributed by atoms with Gasteiger partial charge in [0.1, 0.15) is 0 Å². The molecule has 1 fully saturated rings. The van der Waals surface area contributed by atoms with Crippen molar-refractivity contribution in [2.45, 2.75) is 45.6 Å². The van der Waals surface area contributed by atoms with Crippen LogP contribution in [0, 0.1) is 6.92 Å². The van der Waals surface area contributed by atoms with E-state index in [9.17, 15) is 4.79 Å². The highest BCUT2D eigenvalue weighted by Crippen LogP contribution is 2.11. The summed E-state index contributed by atoms with van der Waals surface area (Å²) in [5, 5.41) is 6.65. The Balaban J connectivity index is 1.70. The highest BCUT2D eigenvalue weighted by Gasteiger charge is 2.17. The summed E-state index contributed by atoms with van der Waals surface area (Å²) in [5.74, 6) is 0.884. The van der Waals surface area contributed by atoms with Crippen LogP contribution in [0.1, 0.15) is 37.9 Å². The molecule has 0 aromatic carbocycles. The Bertz CT molecular complexity index is 413. The second-order valence-electron chi connectivity index (χ2n) is 5.16. The van der Waals surface area contributed by atoms with E-state index in [4.69, 9.17) is 4.52 Å². The van der Waals surface area contributed by atoms with Crippen LogP contribution in [0.3, 0.4) is 0 Å². The van der Waals surface area contributed by atoms with Crippen LogP contribution in [-0.4, -0.2) is 46.6 Å². The third-order valence-electron chi connectivity index (χ3n) is 3.50. The first kappa shape index (κ1) is 14.0. The number of aryl methyl sites for hydroxylation is 1. The monoisotopic (exact) mass is 266 g/mol. The van der Waals surface area contributed by atoms with E-state index in [-0.39, 0.29) is 12.3 Å². The van der Waals surface area contributed by atoms with Crippen molar-refractivity contribution in [3.63, 3.8) is 0 Å². The number of piperidine rings is 1. The minimum Gasteiger partial charge on any atom is -0.354 e. The highest BCUT2D eigenvalue weighted by molar-refractivity contribution is 5.77. The number of nitrogens with zero attached hydrogens (tertiary/aromatic N) is 3. The summed E-state index contributed by atoms with van der Waals surface area (Å²) in [6.07, 6.45) is 4.04. The lowest BCUT2D eigenvalue weighted by molar-refractivity contribution is -0.120. The topological polar surface area (TPSA) is 71.3 Å². The maximum Gasteiger partial charge on any atom is 0.227 e. The second kappa shape index (κ2) is 6.65. The molecule has 6 nitrogen and oxygen atoms in total. The van der Waals surface area contributed by atoms with Crippen molar-refractivity contribution in [1.82, 2.24) is 20.4 Å². The normalized spacial score (nSPS) is 18.2. The van der Waals surface area contributed by atoms with Crippen molar-refractivity contribution in [2.75, 3.05) is 19.6 Å². The molecule has 106 valence electrons. The summed E-state index contributed by atoms with van der Waals surface area (Å²) in [6.45, 7) is 6.83. The number of aromatic nitrogens is 2. The van der Waals surface area contributed by atoms with Crippen molar-refractivity contribution in [3.05, 3.63) is 11.7 Å². The van der Waals surface area contributed by atoms with Gasteiger partial charge in [-0.25, -0.2) is 0 Å². The minimum absolute atomic E-state index is 0.0512. The zero-order valence-corrected chi connectivity index (χ0v) is 11.7. The van der Waals surface area contributed by atoms with Gasteiger partial charge in [0.25, 0.3) is 0 Å². The van der Waals surface area contributed by atoms with E-state index in [0.29, 0.717) is 24.3 Å². The summed E-state index contributed by atoms with van der Waals surface area (Å²) in [5.41, 5.74) is 0. The first-order valence-electron chi connectivity index (χ1n) is 6.95. The SMILES string of the molecule is Cc1nc(CC(=O)NCC(C)N2CCCCC2)no1. The van der Waals surface area contributed by atoms with Gasteiger partial charge in [-0.05, 0) is 32.9 Å². The molecule has 0 saturated carbocycles. The first-order chi connectivity index (χ1) is 9.15. The fourth-order valence-electron chi connectivity index (χ4n) is 2.37. The first-order valence-corrected chi connectivity index (χ1v) is 6.95. The van der Waals surface area contributed by atoms with Gasteiger partial charge in [-0.15, -0.1) is 0 Å². The Labute approximate surface area is 113 Å². The van der Waals surface area contributed by atoms with Crippen molar-refractivity contribution in [2.24, 2.45) is 0 Å². The Morgan fingerprint density at radius 1 is 1.42 bits per heavy atom. The number of hydrogen-bond donors (Lipinski definition) is 1. The van der Waals surface area contributed by atoms with Gasteiger partial charge >= 0.3 is 0 Å². The van der Waals surface area contributed by atoms with Gasteiger partial charge in [-0.3, -0.25) is 9.69 Å². The highest BCUT2D eigenvalue weighted by atomic mass is 16.5. The molecule has 1 unspecified atom stereocenters. The largest absolute Gasteiger partial charge is 0.354 e. The molecule has 0 bridgehead atoms. The van der Waals surface area contributed by atoms with E-state index in [1.54, 1.807) is 6.92 Å². The summed E-state index contributed by atoms with van der Waals surface area (Å²) >= 11 is 0. The molecule has 1 N–H and O–H groups in total. The quantitative estimate of drug-likeness (QED) is 0.857. The Morgan fingerprint density at radius 3 is 2.79 bits per heavy atom. The van der Waals surface area contributed by atoms with Crippen LogP contribution in [0.25, 0.3) is 0 Å². The zero-order chi connectivity index (χ0) is 13.7. The molecule has 19 heavy (non-hydrogen) atoms. The van der Waals surface area contributed by atoms with Crippen molar-refractivity contribution < 1.29 is 9.32 Å². The molecule has 1 aromatic rings. The molecule has 6 heteroatoms. The van der Waals surface area contributed by atoms with Crippen LogP contribution in [0.5, 0.6) is 0 Å². The lowest BCUT2D eigenvalue weighted by Gasteiger charge is -2.32. The number of carbonyl (C=O) groups excluding carboxylic acids is 1. The van der Waals surface area contributed by atoms with Gasteiger partial charge in [0, 0.05) is 19.5 Å². The molecule has 0 aliphatic carbocycles. The molecule has 1 saturated heterocycles. The molecule has 0 radical (unpaired) electrons. The molecule has 2 rings (SSSR count). The molecule has 2 heterocycles. The van der Waals surface area contributed by atoms with E-state index >= 15 is 0 Å². The fraction of sp³-hybridized carbons (Fsp3) is 0.769. The standard InChI is InChI=1S/C13H22N4O2/c1-10(17-6-4-3-5-7-17)9-14-13(18)8-12-15-11(2)19-16-12/h10H,3-9H2,1-2H3,(H,14,18). The Morgan fingerprint density at radius 2 is 2.16 bits per heavy atom. The smallest absolute Gasteiger partial charge is 0.227 e. The van der Waals surface area contributed by atoms with Gasteiger partial charge in [-0.1, -0.05) is 11.6 Å². The third kappa shape index (κ3) is 4.31. The number of rotatable bonds is 5. The van der Waals surface area contributed by atoms with Gasteiger partial charge < -0.3 is 9.84 Å². The third-order valence-corrected chi connectivity index (χ3v) is 3.50. The van der Waals surface area contributed by atoms with Crippen LogP contribution in [-0.2, 0) is 11.2 Å². The van der Waals surface area contributed by atoms with E-state index in [1.807, 2.05) is 0 Å². The molecule has 0 spiro atoms. The van der Waals surface area contributed by atoms with Crippen molar-refractivity contribution >= 4 is 5.91 Å². The van der Waals surface area contributed by atoms with Gasteiger partial charge in [0.15, 0.2) is 5.82 Å². The van der Waals surface area contributed by atoms with Gasteiger partial charge in [0.05, 0.1) is 6.42 Å². The van der Waals surface area contributed by atoms with E-state index in [0.717, 1.165) is 13.1 Å². The molecular formula is C13H22N4O2. The van der Waals surface area contributed by atoms with Crippen molar-refractivity contribution in [3.8, 4) is 0 Å². The van der Waals surface area contributed by atoms with Crippen LogP contribution in [0.15, 0.2) is 4.52 Å². The number of nitrogens with one attached hydrogen (secondary N) is 1. The maximum atomic E-state index is 11.8. The lowest BCUT2D eigenvalue weighted by Crippen LogP contribution is -2.44. The van der Waals surface area contributed by atoms with E-state index in [1.165, 1.54) is 19.3 Å². The molecular weight excluding hydrogens is 244 g/mol. The average Bonchev–Trinajstić information content (AvgIpc) is 2.82. The Hall–Kier alpha value is -1.43. The number of amides is 1. The second-order valence-corrected chi connectivity index (χ2v) is 5.16. The average molecular weight is 266 g/mol.